The molecule has 0 spiro atoms. The molecule has 4 rings (SSSR count). The minimum absolute atomic E-state index is 0.0689. The molecule has 0 fully saturated rings. The maximum Gasteiger partial charge on any atom is 0.126 e. The lowest BCUT2D eigenvalue weighted by Gasteiger charge is -2.31. The summed E-state index contributed by atoms with van der Waals surface area (Å²) in [6, 6.07) is 22.9. The summed E-state index contributed by atoms with van der Waals surface area (Å²) in [5, 5.41) is 14.6. The molecular formula is C23H21ClN2O2. The van der Waals surface area contributed by atoms with Gasteiger partial charge in [0.05, 0.1) is 7.11 Å². The van der Waals surface area contributed by atoms with Gasteiger partial charge >= 0.3 is 0 Å². The highest BCUT2D eigenvalue weighted by Gasteiger charge is 2.27. The maximum absolute atomic E-state index is 10.4. The quantitative estimate of drug-likeness (QED) is 0.635. The Balaban J connectivity index is 1.76. The van der Waals surface area contributed by atoms with Crippen LogP contribution in [0, 0.1) is 0 Å². The zero-order valence-electron chi connectivity index (χ0n) is 15.5. The summed E-state index contributed by atoms with van der Waals surface area (Å²) in [7, 11) is 1.66. The summed E-state index contributed by atoms with van der Waals surface area (Å²) < 4.78 is 5.38. The number of hydrogen-bond acceptors (Lipinski definition) is 4. The van der Waals surface area contributed by atoms with E-state index in [1.54, 1.807) is 13.2 Å². The van der Waals surface area contributed by atoms with Gasteiger partial charge in [-0.2, -0.15) is 0 Å². The first-order valence-corrected chi connectivity index (χ1v) is 9.52. The predicted molar refractivity (Wildman–Crippen MR) is 112 cm³/mol. The summed E-state index contributed by atoms with van der Waals surface area (Å²) in [4.78, 5) is 4.96. The summed E-state index contributed by atoms with van der Waals surface area (Å²) >= 11 is 6.05. The lowest BCUT2D eigenvalue weighted by Crippen LogP contribution is -2.33. The van der Waals surface area contributed by atoms with Crippen molar-refractivity contribution >= 4 is 17.3 Å². The van der Waals surface area contributed by atoms with Gasteiger partial charge in [-0.15, -0.1) is 0 Å². The van der Waals surface area contributed by atoms with E-state index in [0.29, 0.717) is 11.4 Å². The monoisotopic (exact) mass is 392 g/mol. The van der Waals surface area contributed by atoms with E-state index in [4.69, 9.17) is 21.3 Å². The highest BCUT2D eigenvalue weighted by molar-refractivity contribution is 6.30. The lowest BCUT2D eigenvalue weighted by molar-refractivity contribution is 0.411. The van der Waals surface area contributed by atoms with Crippen molar-refractivity contribution in [2.45, 2.75) is 18.6 Å². The Hall–Kier alpha value is -2.82. The lowest BCUT2D eigenvalue weighted by atomic mass is 9.93. The third-order valence-electron chi connectivity index (χ3n) is 4.94. The van der Waals surface area contributed by atoms with E-state index < -0.39 is 0 Å². The van der Waals surface area contributed by atoms with Crippen molar-refractivity contribution in [2.75, 3.05) is 7.11 Å². The highest BCUT2D eigenvalue weighted by atomic mass is 35.5. The fourth-order valence-corrected chi connectivity index (χ4v) is 3.61. The second-order valence-electron chi connectivity index (χ2n) is 6.74. The van der Waals surface area contributed by atoms with Crippen LogP contribution in [0.4, 0.5) is 0 Å². The SMILES string of the molecule is COc1cccc(C2=N[C@@H](c3ccc(Cl)cc3)N[C@@H](c3ccccc3O)C2)c1. The molecule has 4 nitrogen and oxygen atoms in total. The van der Waals surface area contributed by atoms with E-state index in [-0.39, 0.29) is 18.0 Å². The van der Waals surface area contributed by atoms with Crippen LogP contribution in [0.1, 0.15) is 35.3 Å². The molecule has 0 amide bonds. The van der Waals surface area contributed by atoms with Crippen LogP contribution in [0.5, 0.6) is 11.5 Å². The molecule has 2 atom stereocenters. The Labute approximate surface area is 169 Å². The second kappa shape index (κ2) is 8.05. The zero-order valence-corrected chi connectivity index (χ0v) is 16.2. The van der Waals surface area contributed by atoms with Crippen LogP contribution in [0.3, 0.4) is 0 Å². The number of phenolic OH excluding ortho intramolecular Hbond substituents is 1. The number of aliphatic imine (C=N–C) groups is 1. The van der Waals surface area contributed by atoms with E-state index in [0.717, 1.165) is 28.2 Å². The number of hydrogen-bond donors (Lipinski definition) is 2. The number of nitrogens with one attached hydrogen (secondary N) is 1. The number of phenols is 1. The van der Waals surface area contributed by atoms with Gasteiger partial charge in [-0.3, -0.25) is 10.3 Å². The van der Waals surface area contributed by atoms with Crippen molar-refractivity contribution in [2.24, 2.45) is 4.99 Å². The number of methoxy groups -OCH3 is 1. The van der Waals surface area contributed by atoms with Crippen molar-refractivity contribution in [3.05, 3.63) is 94.5 Å². The Kier molecular flexibility index (Phi) is 5.33. The number of ether oxygens (including phenoxy) is 1. The smallest absolute Gasteiger partial charge is 0.126 e. The van der Waals surface area contributed by atoms with Crippen LogP contribution in [-0.2, 0) is 0 Å². The van der Waals surface area contributed by atoms with Gasteiger partial charge in [-0.25, -0.2) is 0 Å². The van der Waals surface area contributed by atoms with Crippen LogP contribution in [0.25, 0.3) is 0 Å². The van der Waals surface area contributed by atoms with E-state index >= 15 is 0 Å². The molecule has 1 aliphatic heterocycles. The Bertz CT molecular complexity index is 1000. The Morgan fingerprint density at radius 3 is 2.57 bits per heavy atom. The number of halogens is 1. The number of rotatable bonds is 4. The number of para-hydroxylation sites is 1. The molecule has 1 aliphatic rings. The molecule has 142 valence electrons. The van der Waals surface area contributed by atoms with E-state index in [1.807, 2.05) is 66.7 Å². The molecule has 28 heavy (non-hydrogen) atoms. The number of aromatic hydroxyl groups is 1. The third kappa shape index (κ3) is 3.88. The molecule has 0 aromatic heterocycles. The van der Waals surface area contributed by atoms with Gasteiger partial charge in [0.15, 0.2) is 0 Å². The van der Waals surface area contributed by atoms with Gasteiger partial charge in [-0.05, 0) is 41.5 Å². The molecule has 1 heterocycles. The largest absolute Gasteiger partial charge is 0.508 e. The van der Waals surface area contributed by atoms with E-state index in [1.165, 1.54) is 0 Å². The molecule has 0 saturated heterocycles. The normalized spacial score (nSPS) is 19.1. The Morgan fingerprint density at radius 1 is 1.04 bits per heavy atom. The average molecular weight is 393 g/mol. The fourth-order valence-electron chi connectivity index (χ4n) is 3.48. The predicted octanol–water partition coefficient (Wildman–Crippen LogP) is 5.28. The van der Waals surface area contributed by atoms with E-state index in [9.17, 15) is 5.11 Å². The summed E-state index contributed by atoms with van der Waals surface area (Å²) in [5.41, 5.74) is 3.85. The third-order valence-corrected chi connectivity index (χ3v) is 5.19. The van der Waals surface area contributed by atoms with Crippen LogP contribution < -0.4 is 10.1 Å². The summed E-state index contributed by atoms with van der Waals surface area (Å²) in [6.07, 6.45) is 0.422. The summed E-state index contributed by atoms with van der Waals surface area (Å²) in [6.45, 7) is 0. The van der Waals surface area contributed by atoms with Crippen molar-refractivity contribution in [3.63, 3.8) is 0 Å². The van der Waals surface area contributed by atoms with Gasteiger partial charge in [-0.1, -0.05) is 54.1 Å². The van der Waals surface area contributed by atoms with E-state index in [2.05, 4.69) is 5.32 Å². The van der Waals surface area contributed by atoms with Crippen LogP contribution in [0.15, 0.2) is 77.8 Å². The van der Waals surface area contributed by atoms with Crippen molar-refractivity contribution < 1.29 is 9.84 Å². The van der Waals surface area contributed by atoms with Crippen LogP contribution in [-0.4, -0.2) is 17.9 Å². The number of benzene rings is 3. The second-order valence-corrected chi connectivity index (χ2v) is 7.18. The zero-order chi connectivity index (χ0) is 19.5. The molecule has 3 aromatic carbocycles. The van der Waals surface area contributed by atoms with Crippen LogP contribution >= 0.6 is 11.6 Å². The molecule has 0 unspecified atom stereocenters. The molecule has 2 N–H and O–H groups in total. The molecule has 0 saturated carbocycles. The van der Waals surface area contributed by atoms with Gasteiger partial charge < -0.3 is 9.84 Å². The van der Waals surface area contributed by atoms with Gasteiger partial charge in [0, 0.05) is 28.8 Å². The minimum Gasteiger partial charge on any atom is -0.508 e. The first-order chi connectivity index (χ1) is 13.6. The molecule has 0 bridgehead atoms. The summed E-state index contributed by atoms with van der Waals surface area (Å²) in [5.74, 6) is 1.07. The van der Waals surface area contributed by atoms with Crippen molar-refractivity contribution in [1.29, 1.82) is 0 Å². The molecular weight excluding hydrogens is 372 g/mol. The molecule has 5 heteroatoms. The topological polar surface area (TPSA) is 53.8 Å². The van der Waals surface area contributed by atoms with Crippen molar-refractivity contribution in [1.82, 2.24) is 5.32 Å². The fraction of sp³-hybridized carbons (Fsp3) is 0.174. The highest BCUT2D eigenvalue weighted by Crippen LogP contribution is 2.34. The first-order valence-electron chi connectivity index (χ1n) is 9.14. The average Bonchev–Trinajstić information content (AvgIpc) is 2.74. The van der Waals surface area contributed by atoms with Crippen LogP contribution in [0.2, 0.25) is 5.02 Å². The molecule has 3 aromatic rings. The van der Waals surface area contributed by atoms with Gasteiger partial charge in [0.25, 0.3) is 0 Å². The van der Waals surface area contributed by atoms with Gasteiger partial charge in [0.1, 0.15) is 17.7 Å². The number of nitrogens with zero attached hydrogens (tertiary/aromatic N) is 1. The maximum atomic E-state index is 10.4. The standard InChI is InChI=1S/C23H21ClN2O2/c1-28-18-6-4-5-16(13-18)20-14-21(19-7-2-3-8-22(19)27)26-23(25-20)15-9-11-17(24)12-10-15/h2-13,21,23,26-27H,14H2,1H3/t21-,23-/m1/s1. The van der Waals surface area contributed by atoms with Gasteiger partial charge in [0.2, 0.25) is 0 Å². The Morgan fingerprint density at radius 2 is 1.82 bits per heavy atom. The molecule has 0 aliphatic carbocycles. The minimum atomic E-state index is -0.239. The van der Waals surface area contributed by atoms with Crippen molar-refractivity contribution in [3.8, 4) is 11.5 Å². The molecule has 0 radical (unpaired) electrons. The first kappa shape index (κ1) is 18.5.